The molecule has 0 spiro atoms. The Morgan fingerprint density at radius 2 is 2.10 bits per heavy atom. The molecule has 2 N–H and O–H groups in total. The third-order valence-corrected chi connectivity index (χ3v) is 6.00. The zero-order valence-corrected chi connectivity index (χ0v) is 13.9. The molecule has 2 aromatic rings. The minimum Gasteiger partial charge on any atom is -0.310 e. The molecule has 2 aromatic heterocycles. The van der Waals surface area contributed by atoms with Gasteiger partial charge < -0.3 is 5.32 Å². The fourth-order valence-corrected chi connectivity index (χ4v) is 4.26. The van der Waals surface area contributed by atoms with Crippen molar-refractivity contribution in [3.05, 3.63) is 46.1 Å². The van der Waals surface area contributed by atoms with Crippen LogP contribution in [0.2, 0.25) is 4.34 Å². The van der Waals surface area contributed by atoms with Gasteiger partial charge in [0.25, 0.3) is 0 Å². The maximum atomic E-state index is 11.9. The van der Waals surface area contributed by atoms with Crippen LogP contribution in [0.25, 0.3) is 0 Å². The summed E-state index contributed by atoms with van der Waals surface area (Å²) in [5.41, 5.74) is 2.07. The number of hydrogen-bond acceptors (Lipinski definition) is 5. The maximum absolute atomic E-state index is 11.9. The van der Waals surface area contributed by atoms with E-state index in [1.807, 2.05) is 19.1 Å². The molecule has 5 nitrogen and oxygen atoms in total. The maximum Gasteiger partial charge on any atom is 0.250 e. The molecule has 2 rings (SSSR count). The van der Waals surface area contributed by atoms with Crippen molar-refractivity contribution in [1.82, 2.24) is 15.0 Å². The molecular weight excluding hydrogens is 330 g/mol. The van der Waals surface area contributed by atoms with Crippen molar-refractivity contribution in [2.45, 2.75) is 17.7 Å². The Kier molecular flexibility index (Phi) is 5.72. The van der Waals surface area contributed by atoms with Gasteiger partial charge in [0, 0.05) is 25.8 Å². The molecule has 2 heterocycles. The third-order valence-electron chi connectivity index (χ3n) is 2.82. The molecule has 0 aliphatic heterocycles. The van der Waals surface area contributed by atoms with E-state index in [-0.39, 0.29) is 4.21 Å². The van der Waals surface area contributed by atoms with Gasteiger partial charge in [0.1, 0.15) is 4.21 Å². The molecule has 0 unspecified atom stereocenters. The van der Waals surface area contributed by atoms with E-state index in [1.165, 1.54) is 6.07 Å². The molecule has 0 saturated heterocycles. The summed E-state index contributed by atoms with van der Waals surface area (Å²) in [4.78, 5) is 4.26. The second kappa shape index (κ2) is 7.33. The lowest BCUT2D eigenvalue weighted by Crippen LogP contribution is -2.31. The van der Waals surface area contributed by atoms with Crippen molar-refractivity contribution in [3.63, 3.8) is 0 Å². The summed E-state index contributed by atoms with van der Waals surface area (Å²) in [6.07, 6.45) is 1.74. The van der Waals surface area contributed by atoms with Crippen molar-refractivity contribution in [2.24, 2.45) is 0 Å². The number of nitrogens with zero attached hydrogens (tertiary/aromatic N) is 1. The highest BCUT2D eigenvalue weighted by atomic mass is 35.5. The average Bonchev–Trinajstić information content (AvgIpc) is 2.88. The Morgan fingerprint density at radius 3 is 2.76 bits per heavy atom. The molecule has 0 aliphatic carbocycles. The van der Waals surface area contributed by atoms with Gasteiger partial charge >= 0.3 is 0 Å². The van der Waals surface area contributed by atoms with E-state index in [2.05, 4.69) is 15.0 Å². The second-order valence-corrected chi connectivity index (χ2v) is 8.11. The first-order chi connectivity index (χ1) is 9.99. The van der Waals surface area contributed by atoms with Crippen LogP contribution in [0.1, 0.15) is 11.3 Å². The SMILES string of the molecule is Cc1cccnc1CNCCNS(=O)(=O)c1ccc(Cl)s1. The van der Waals surface area contributed by atoms with E-state index in [0.29, 0.717) is 24.0 Å². The Labute approximate surface area is 133 Å². The summed E-state index contributed by atoms with van der Waals surface area (Å²) in [6, 6.07) is 6.95. The molecule has 0 amide bonds. The quantitative estimate of drug-likeness (QED) is 0.754. The predicted octanol–water partition coefficient (Wildman–Crippen LogP) is 2.17. The number of halogens is 1. The molecule has 0 radical (unpaired) electrons. The molecule has 21 heavy (non-hydrogen) atoms. The van der Waals surface area contributed by atoms with Gasteiger partial charge in [-0.25, -0.2) is 13.1 Å². The number of hydrogen-bond donors (Lipinski definition) is 2. The molecule has 0 saturated carbocycles. The number of rotatable bonds is 7. The fraction of sp³-hybridized carbons (Fsp3) is 0.308. The number of pyridine rings is 1. The van der Waals surface area contributed by atoms with E-state index in [9.17, 15) is 8.42 Å². The van der Waals surface area contributed by atoms with Crippen molar-refractivity contribution < 1.29 is 8.42 Å². The largest absolute Gasteiger partial charge is 0.310 e. The molecule has 0 aliphatic rings. The van der Waals surface area contributed by atoms with Crippen molar-refractivity contribution >= 4 is 33.0 Å². The minimum atomic E-state index is -3.46. The number of nitrogens with one attached hydrogen (secondary N) is 2. The van der Waals surface area contributed by atoms with Crippen LogP contribution in [-0.4, -0.2) is 26.5 Å². The molecule has 0 fully saturated rings. The van der Waals surface area contributed by atoms with Crippen LogP contribution < -0.4 is 10.0 Å². The lowest BCUT2D eigenvalue weighted by Gasteiger charge is -2.07. The highest BCUT2D eigenvalue weighted by Gasteiger charge is 2.15. The van der Waals surface area contributed by atoms with E-state index >= 15 is 0 Å². The number of aromatic nitrogens is 1. The highest BCUT2D eigenvalue weighted by molar-refractivity contribution is 7.91. The molecule has 0 atom stereocenters. The summed E-state index contributed by atoms with van der Waals surface area (Å²) in [5, 5.41) is 3.16. The monoisotopic (exact) mass is 345 g/mol. The zero-order chi connectivity index (χ0) is 15.3. The summed E-state index contributed by atoms with van der Waals surface area (Å²) in [7, 11) is -3.46. The van der Waals surface area contributed by atoms with Gasteiger partial charge in [-0.1, -0.05) is 17.7 Å². The second-order valence-electron chi connectivity index (χ2n) is 4.40. The fourth-order valence-electron chi connectivity index (χ4n) is 1.70. The lowest BCUT2D eigenvalue weighted by molar-refractivity contribution is 0.577. The molecular formula is C13H16ClN3O2S2. The molecule has 8 heteroatoms. The van der Waals surface area contributed by atoms with Gasteiger partial charge in [-0.15, -0.1) is 11.3 Å². The van der Waals surface area contributed by atoms with Crippen LogP contribution >= 0.6 is 22.9 Å². The van der Waals surface area contributed by atoms with Gasteiger partial charge in [-0.3, -0.25) is 4.98 Å². The highest BCUT2D eigenvalue weighted by Crippen LogP contribution is 2.25. The van der Waals surface area contributed by atoms with Gasteiger partial charge in [-0.05, 0) is 30.7 Å². The van der Waals surface area contributed by atoms with Crippen LogP contribution in [-0.2, 0) is 16.6 Å². The summed E-state index contributed by atoms with van der Waals surface area (Å²) >= 11 is 6.78. The first-order valence-corrected chi connectivity index (χ1v) is 9.03. The van der Waals surface area contributed by atoms with Gasteiger partial charge in [0.15, 0.2) is 0 Å². The Morgan fingerprint density at radius 1 is 1.29 bits per heavy atom. The van der Waals surface area contributed by atoms with Gasteiger partial charge in [0.2, 0.25) is 10.0 Å². The number of aryl methyl sites for hydroxylation is 1. The predicted molar refractivity (Wildman–Crippen MR) is 85.2 cm³/mol. The Bertz CT molecular complexity index is 701. The smallest absolute Gasteiger partial charge is 0.250 e. The number of thiophene rings is 1. The van der Waals surface area contributed by atoms with Crippen LogP contribution in [0.15, 0.2) is 34.7 Å². The molecule has 0 bridgehead atoms. The first-order valence-electron chi connectivity index (χ1n) is 6.35. The number of sulfonamides is 1. The van der Waals surface area contributed by atoms with Crippen molar-refractivity contribution in [2.75, 3.05) is 13.1 Å². The van der Waals surface area contributed by atoms with Crippen LogP contribution in [0.5, 0.6) is 0 Å². The zero-order valence-electron chi connectivity index (χ0n) is 11.5. The molecule has 0 aromatic carbocycles. The molecule has 114 valence electrons. The summed E-state index contributed by atoms with van der Waals surface area (Å²) in [5.74, 6) is 0. The third kappa shape index (κ3) is 4.76. The Balaban J connectivity index is 1.76. The van der Waals surface area contributed by atoms with Gasteiger partial charge in [0.05, 0.1) is 10.0 Å². The normalized spacial score (nSPS) is 11.7. The lowest BCUT2D eigenvalue weighted by atomic mass is 10.2. The minimum absolute atomic E-state index is 0.230. The summed E-state index contributed by atoms with van der Waals surface area (Å²) < 4.78 is 27.1. The first kappa shape index (κ1) is 16.4. The standard InChI is InChI=1S/C13H16ClN3O2S2/c1-10-3-2-6-16-11(10)9-15-7-8-17-21(18,19)13-5-4-12(14)20-13/h2-6,15,17H,7-9H2,1H3. The van der Waals surface area contributed by atoms with E-state index in [0.717, 1.165) is 22.6 Å². The van der Waals surface area contributed by atoms with Crippen molar-refractivity contribution in [3.8, 4) is 0 Å². The van der Waals surface area contributed by atoms with E-state index in [4.69, 9.17) is 11.6 Å². The van der Waals surface area contributed by atoms with Gasteiger partial charge in [-0.2, -0.15) is 0 Å². The van der Waals surface area contributed by atoms with E-state index in [1.54, 1.807) is 12.3 Å². The van der Waals surface area contributed by atoms with Crippen molar-refractivity contribution in [1.29, 1.82) is 0 Å². The topological polar surface area (TPSA) is 71.1 Å². The van der Waals surface area contributed by atoms with Crippen LogP contribution in [0.3, 0.4) is 0 Å². The van der Waals surface area contributed by atoms with E-state index < -0.39 is 10.0 Å². The van der Waals surface area contributed by atoms with Crippen LogP contribution in [0.4, 0.5) is 0 Å². The van der Waals surface area contributed by atoms with Crippen LogP contribution in [0, 0.1) is 6.92 Å². The average molecular weight is 346 g/mol. The summed E-state index contributed by atoms with van der Waals surface area (Å²) in [6.45, 7) is 3.44. The Hall–Kier alpha value is -0.990.